The average Bonchev–Trinajstić information content (AvgIpc) is 2.51. The van der Waals surface area contributed by atoms with E-state index in [2.05, 4.69) is 10.2 Å². The maximum Gasteiger partial charge on any atom is 0.159 e. The summed E-state index contributed by atoms with van der Waals surface area (Å²) >= 11 is 6.10. The van der Waals surface area contributed by atoms with Crippen molar-refractivity contribution in [3.05, 3.63) is 64.6 Å². The van der Waals surface area contributed by atoms with Crippen molar-refractivity contribution >= 4 is 28.2 Å². The molecule has 1 aromatic heterocycles. The maximum atomic E-state index is 14.0. The number of halogens is 2. The first-order valence-electron chi connectivity index (χ1n) is 6.94. The molecular weight excluding hydrogens is 301 g/mol. The normalized spacial score (nSPS) is 10.9. The van der Waals surface area contributed by atoms with Crippen LogP contribution < -0.4 is 4.90 Å². The van der Waals surface area contributed by atoms with E-state index in [-0.39, 0.29) is 5.82 Å². The lowest BCUT2D eigenvalue weighted by molar-refractivity contribution is 0.607. The molecule has 1 heterocycles. The Balaban J connectivity index is 2.03. The van der Waals surface area contributed by atoms with Crippen LogP contribution in [0.15, 0.2) is 42.5 Å². The Morgan fingerprint density at radius 1 is 1.05 bits per heavy atom. The monoisotopic (exact) mass is 315 g/mol. The highest BCUT2D eigenvalue weighted by atomic mass is 35.5. The van der Waals surface area contributed by atoms with E-state index in [0.29, 0.717) is 22.9 Å². The predicted molar refractivity (Wildman–Crippen MR) is 87.8 cm³/mol. The second-order valence-corrected chi connectivity index (χ2v) is 5.62. The minimum atomic E-state index is -0.316. The van der Waals surface area contributed by atoms with Crippen LogP contribution in [0.2, 0.25) is 5.02 Å². The van der Waals surface area contributed by atoms with Crippen LogP contribution in [0.3, 0.4) is 0 Å². The van der Waals surface area contributed by atoms with Gasteiger partial charge in [-0.05, 0) is 19.1 Å². The number of aromatic nitrogens is 2. The molecule has 0 unspecified atom stereocenters. The summed E-state index contributed by atoms with van der Waals surface area (Å²) < 4.78 is 14.0. The van der Waals surface area contributed by atoms with Gasteiger partial charge < -0.3 is 4.90 Å². The molecule has 0 atom stereocenters. The molecule has 3 rings (SSSR count). The molecule has 112 valence electrons. The minimum absolute atomic E-state index is 0.316. The Labute approximate surface area is 133 Å². The number of hydrogen-bond acceptors (Lipinski definition) is 3. The van der Waals surface area contributed by atoms with Crippen LogP contribution in [0, 0.1) is 12.7 Å². The van der Waals surface area contributed by atoms with Crippen molar-refractivity contribution in [2.45, 2.75) is 13.5 Å². The number of benzene rings is 2. The van der Waals surface area contributed by atoms with E-state index in [4.69, 9.17) is 11.6 Å². The molecule has 0 fully saturated rings. The van der Waals surface area contributed by atoms with Crippen molar-refractivity contribution in [2.24, 2.45) is 0 Å². The Morgan fingerprint density at radius 3 is 2.50 bits per heavy atom. The van der Waals surface area contributed by atoms with Gasteiger partial charge in [0.15, 0.2) is 5.82 Å². The van der Waals surface area contributed by atoms with Crippen molar-refractivity contribution in [2.75, 3.05) is 11.9 Å². The molecule has 3 nitrogen and oxygen atoms in total. The molecule has 22 heavy (non-hydrogen) atoms. The summed E-state index contributed by atoms with van der Waals surface area (Å²) in [5, 5.41) is 10.9. The molecule has 0 aliphatic heterocycles. The quantitative estimate of drug-likeness (QED) is 0.719. The number of anilines is 1. The molecule has 0 saturated heterocycles. The van der Waals surface area contributed by atoms with E-state index < -0.39 is 0 Å². The van der Waals surface area contributed by atoms with E-state index in [1.165, 1.54) is 6.07 Å². The van der Waals surface area contributed by atoms with Crippen LogP contribution in [0.1, 0.15) is 11.3 Å². The zero-order valence-electron chi connectivity index (χ0n) is 12.3. The van der Waals surface area contributed by atoms with Crippen molar-refractivity contribution in [3.8, 4) is 0 Å². The highest BCUT2D eigenvalue weighted by Gasteiger charge is 2.14. The first-order chi connectivity index (χ1) is 10.6. The number of hydrogen-bond donors (Lipinski definition) is 0. The number of rotatable bonds is 3. The largest absolute Gasteiger partial charge is 0.353 e. The van der Waals surface area contributed by atoms with E-state index in [9.17, 15) is 4.39 Å². The molecule has 0 spiro atoms. The second-order valence-electron chi connectivity index (χ2n) is 5.21. The summed E-state index contributed by atoms with van der Waals surface area (Å²) in [6, 6.07) is 12.6. The maximum absolute atomic E-state index is 14.0. The molecule has 3 aromatic rings. The number of aryl methyl sites for hydroxylation is 1. The summed E-state index contributed by atoms with van der Waals surface area (Å²) in [6.07, 6.45) is 0. The van der Waals surface area contributed by atoms with Crippen molar-refractivity contribution in [1.29, 1.82) is 0 Å². The summed E-state index contributed by atoms with van der Waals surface area (Å²) in [4.78, 5) is 1.86. The van der Waals surface area contributed by atoms with E-state index in [1.807, 2.05) is 43.1 Å². The van der Waals surface area contributed by atoms with Crippen LogP contribution in [0.5, 0.6) is 0 Å². The van der Waals surface area contributed by atoms with Crippen molar-refractivity contribution in [1.82, 2.24) is 10.2 Å². The molecule has 0 aliphatic rings. The van der Waals surface area contributed by atoms with Gasteiger partial charge in [-0.2, -0.15) is 5.10 Å². The predicted octanol–water partition coefficient (Wildman–Crippen LogP) is 4.37. The molecule has 0 bridgehead atoms. The first-order valence-corrected chi connectivity index (χ1v) is 7.32. The highest BCUT2D eigenvalue weighted by molar-refractivity contribution is 6.31. The Kier molecular flexibility index (Phi) is 3.94. The Hall–Kier alpha value is -2.20. The van der Waals surface area contributed by atoms with E-state index in [0.717, 1.165) is 16.5 Å². The summed E-state index contributed by atoms with van der Waals surface area (Å²) in [5.74, 6) is 0.393. The van der Waals surface area contributed by atoms with Gasteiger partial charge in [0.05, 0.1) is 5.69 Å². The summed E-state index contributed by atoms with van der Waals surface area (Å²) in [5.41, 5.74) is 1.33. The van der Waals surface area contributed by atoms with Crippen molar-refractivity contribution in [3.63, 3.8) is 0 Å². The standard InChI is InChI=1S/C17H15ClFN3/c1-11-12-6-3-4-7-13(12)17(21-20-11)22(2)10-14-15(18)8-5-9-16(14)19/h3-9H,10H2,1-2H3. The fraction of sp³-hybridized carbons (Fsp3) is 0.176. The van der Waals surface area contributed by atoms with Crippen LogP contribution in [-0.4, -0.2) is 17.2 Å². The number of nitrogens with zero attached hydrogens (tertiary/aromatic N) is 3. The number of fused-ring (bicyclic) bond motifs is 1. The summed E-state index contributed by atoms with van der Waals surface area (Å²) in [6.45, 7) is 2.25. The zero-order chi connectivity index (χ0) is 15.7. The molecule has 0 radical (unpaired) electrons. The molecule has 2 aromatic carbocycles. The smallest absolute Gasteiger partial charge is 0.159 e. The van der Waals surface area contributed by atoms with Gasteiger partial charge in [-0.3, -0.25) is 0 Å². The molecule has 0 saturated carbocycles. The van der Waals surface area contributed by atoms with Crippen molar-refractivity contribution < 1.29 is 4.39 Å². The minimum Gasteiger partial charge on any atom is -0.353 e. The first kappa shape index (κ1) is 14.7. The van der Waals surface area contributed by atoms with Crippen LogP contribution in [0.4, 0.5) is 10.2 Å². The van der Waals surface area contributed by atoms with Gasteiger partial charge in [-0.15, -0.1) is 5.10 Å². The molecule has 5 heteroatoms. The third-order valence-electron chi connectivity index (χ3n) is 3.67. The van der Waals surface area contributed by atoms with Crippen LogP contribution >= 0.6 is 11.6 Å². The molecule has 0 amide bonds. The molecule has 0 aliphatic carbocycles. The van der Waals surface area contributed by atoms with Gasteiger partial charge in [0.2, 0.25) is 0 Å². The Morgan fingerprint density at radius 2 is 1.77 bits per heavy atom. The van der Waals surface area contributed by atoms with Gasteiger partial charge in [-0.1, -0.05) is 41.9 Å². The Bertz CT molecular complexity index is 815. The zero-order valence-corrected chi connectivity index (χ0v) is 13.1. The second kappa shape index (κ2) is 5.89. The molecule has 0 N–H and O–H groups in total. The van der Waals surface area contributed by atoms with Gasteiger partial charge in [-0.25, -0.2) is 4.39 Å². The van der Waals surface area contributed by atoms with Gasteiger partial charge in [0.25, 0.3) is 0 Å². The topological polar surface area (TPSA) is 29.0 Å². The molecular formula is C17H15ClFN3. The fourth-order valence-corrected chi connectivity index (χ4v) is 2.72. The lowest BCUT2D eigenvalue weighted by atomic mass is 10.1. The van der Waals surface area contributed by atoms with Gasteiger partial charge >= 0.3 is 0 Å². The van der Waals surface area contributed by atoms with Crippen LogP contribution in [0.25, 0.3) is 10.8 Å². The van der Waals surface area contributed by atoms with Gasteiger partial charge in [0, 0.05) is 35.0 Å². The van der Waals surface area contributed by atoms with E-state index >= 15 is 0 Å². The summed E-state index contributed by atoms with van der Waals surface area (Å²) in [7, 11) is 1.86. The third kappa shape index (κ3) is 2.62. The van der Waals surface area contributed by atoms with Crippen LogP contribution in [-0.2, 0) is 6.54 Å². The third-order valence-corrected chi connectivity index (χ3v) is 4.03. The lowest BCUT2D eigenvalue weighted by Crippen LogP contribution is -2.20. The fourth-order valence-electron chi connectivity index (χ4n) is 2.50. The average molecular weight is 316 g/mol. The van der Waals surface area contributed by atoms with E-state index in [1.54, 1.807) is 12.1 Å². The SMILES string of the molecule is Cc1nnc(N(C)Cc2c(F)cccc2Cl)c2ccccc12. The lowest BCUT2D eigenvalue weighted by Gasteiger charge is -2.20. The van der Waals surface area contributed by atoms with Gasteiger partial charge in [0.1, 0.15) is 5.82 Å². The highest BCUT2D eigenvalue weighted by Crippen LogP contribution is 2.27.